The minimum Gasteiger partial charge on any atom is -0.492 e. The number of fused-ring (bicyclic) bond motifs is 1. The molecule has 0 atom stereocenters. The van der Waals surface area contributed by atoms with Crippen molar-refractivity contribution in [2.24, 2.45) is 9.98 Å². The number of carbonyl (C=O) groups is 2. The van der Waals surface area contributed by atoms with Crippen LogP contribution in [0.5, 0.6) is 5.88 Å². The van der Waals surface area contributed by atoms with E-state index < -0.39 is 11.9 Å². The monoisotopic (exact) mass is 408 g/mol. The lowest BCUT2D eigenvalue weighted by Gasteiger charge is -2.06. The van der Waals surface area contributed by atoms with Gasteiger partial charge in [-0.2, -0.15) is 4.98 Å². The van der Waals surface area contributed by atoms with Crippen LogP contribution in [0.25, 0.3) is 6.08 Å². The van der Waals surface area contributed by atoms with Crippen LogP contribution in [0.1, 0.15) is 25.6 Å². The third kappa shape index (κ3) is 3.82. The summed E-state index contributed by atoms with van der Waals surface area (Å²) in [6.07, 6.45) is 1.58. The summed E-state index contributed by atoms with van der Waals surface area (Å²) in [6, 6.07) is 11.0. The van der Waals surface area contributed by atoms with E-state index >= 15 is 0 Å². The minimum absolute atomic E-state index is 0.183. The van der Waals surface area contributed by atoms with Crippen molar-refractivity contribution >= 4 is 40.2 Å². The van der Waals surface area contributed by atoms with E-state index in [1.54, 1.807) is 6.08 Å². The fourth-order valence-electron chi connectivity index (χ4n) is 2.65. The van der Waals surface area contributed by atoms with Crippen molar-refractivity contribution in [3.63, 3.8) is 0 Å². The predicted molar refractivity (Wildman–Crippen MR) is 104 cm³/mol. The van der Waals surface area contributed by atoms with E-state index in [0.717, 1.165) is 28.1 Å². The molecule has 1 aromatic heterocycles. The van der Waals surface area contributed by atoms with Gasteiger partial charge in [0, 0.05) is 11.8 Å². The number of nitrogens with zero attached hydrogens (tertiary/aromatic N) is 3. The molecule has 0 saturated carbocycles. The van der Waals surface area contributed by atoms with Crippen LogP contribution in [-0.4, -0.2) is 32.2 Å². The van der Waals surface area contributed by atoms with Gasteiger partial charge in [-0.15, -0.1) is 0 Å². The number of carboxylic acid groups (broad SMARTS) is 2. The molecule has 0 amide bonds. The van der Waals surface area contributed by atoms with Crippen molar-refractivity contribution in [2.75, 3.05) is 5.32 Å². The number of benzene rings is 2. The highest BCUT2D eigenvalue weighted by atomic mass is 32.1. The van der Waals surface area contributed by atoms with Crippen LogP contribution in [0.4, 0.5) is 10.8 Å². The minimum atomic E-state index is -1.26. The zero-order chi connectivity index (χ0) is 20.5. The van der Waals surface area contributed by atoms with E-state index in [1.807, 2.05) is 24.3 Å². The smallest absolute Gasteiger partial charge is 0.335 e. The Labute approximate surface area is 166 Å². The molecule has 2 heterocycles. The van der Waals surface area contributed by atoms with Crippen LogP contribution >= 0.6 is 11.3 Å². The number of aromatic carboxylic acids is 2. The molecule has 9 nitrogen and oxygen atoms in total. The number of nitrogens with one attached hydrogen (secondary N) is 1. The van der Waals surface area contributed by atoms with Crippen LogP contribution in [0.2, 0.25) is 0 Å². The molecule has 144 valence electrons. The van der Waals surface area contributed by atoms with Crippen molar-refractivity contribution < 1.29 is 24.9 Å². The quantitative estimate of drug-likeness (QED) is 0.507. The highest BCUT2D eigenvalue weighted by Gasteiger charge is 2.14. The lowest BCUT2D eigenvalue weighted by Crippen LogP contribution is -2.19. The number of anilines is 2. The van der Waals surface area contributed by atoms with Gasteiger partial charge in [0.05, 0.1) is 26.7 Å². The van der Waals surface area contributed by atoms with Gasteiger partial charge in [0.15, 0.2) is 11.0 Å². The Balaban J connectivity index is 1.64. The number of carboxylic acids is 2. The zero-order valence-electron chi connectivity index (χ0n) is 14.5. The van der Waals surface area contributed by atoms with Gasteiger partial charge in [0.25, 0.3) is 0 Å². The normalized spacial score (nSPS) is 11.9. The van der Waals surface area contributed by atoms with Crippen LogP contribution in [0, 0.1) is 0 Å². The van der Waals surface area contributed by atoms with Crippen LogP contribution in [0.15, 0.2) is 58.3 Å². The molecule has 0 unspecified atom stereocenters. The Kier molecular flexibility index (Phi) is 4.53. The first-order chi connectivity index (χ1) is 13.9. The molecule has 0 fully saturated rings. The lowest BCUT2D eigenvalue weighted by molar-refractivity contribution is 0.0696. The van der Waals surface area contributed by atoms with Crippen molar-refractivity contribution in [3.05, 3.63) is 75.0 Å². The summed E-state index contributed by atoms with van der Waals surface area (Å²) in [4.78, 5) is 35.5. The number of aromatic nitrogens is 1. The molecule has 1 aliphatic heterocycles. The Morgan fingerprint density at radius 3 is 2.10 bits per heavy atom. The Hall–Kier alpha value is -4.05. The molecule has 3 aromatic rings. The van der Waals surface area contributed by atoms with Crippen LogP contribution in [0.3, 0.4) is 0 Å². The molecule has 0 radical (unpaired) electrons. The average molecular weight is 408 g/mol. The number of hydrogen-bond acceptors (Lipinski definition) is 8. The van der Waals surface area contributed by atoms with E-state index in [1.165, 1.54) is 12.1 Å². The van der Waals surface area contributed by atoms with Gasteiger partial charge in [-0.3, -0.25) is 0 Å². The largest absolute Gasteiger partial charge is 0.492 e. The number of hydrogen-bond donors (Lipinski definition) is 4. The van der Waals surface area contributed by atoms with Gasteiger partial charge in [0.1, 0.15) is 0 Å². The highest BCUT2D eigenvalue weighted by molar-refractivity contribution is 7.16. The first-order valence-corrected chi connectivity index (χ1v) is 9.03. The van der Waals surface area contributed by atoms with Gasteiger partial charge in [-0.25, -0.2) is 19.6 Å². The van der Waals surface area contributed by atoms with Crippen molar-refractivity contribution in [3.8, 4) is 5.88 Å². The molecule has 4 N–H and O–H groups in total. The predicted octanol–water partition coefficient (Wildman–Crippen LogP) is 2.24. The fraction of sp³-hybridized carbons (Fsp3) is 0. The second-order valence-electron chi connectivity index (χ2n) is 5.96. The molecule has 0 aliphatic carbocycles. The van der Waals surface area contributed by atoms with E-state index in [0.29, 0.717) is 10.7 Å². The SMILES string of the molecule is O=C(O)c1cc(Nc2nc(O)c(C=C3N=c4ccccc4=N3)s2)cc(C(=O)O)c1. The maximum atomic E-state index is 11.2. The summed E-state index contributed by atoms with van der Waals surface area (Å²) >= 11 is 1.08. The molecule has 4 rings (SSSR count). The molecule has 2 aromatic carbocycles. The van der Waals surface area contributed by atoms with E-state index in [9.17, 15) is 14.7 Å². The Morgan fingerprint density at radius 1 is 0.966 bits per heavy atom. The van der Waals surface area contributed by atoms with E-state index in [4.69, 9.17) is 10.2 Å². The van der Waals surface area contributed by atoms with Crippen LogP contribution < -0.4 is 16.0 Å². The van der Waals surface area contributed by atoms with Gasteiger partial charge in [-0.05, 0) is 30.3 Å². The third-order valence-electron chi connectivity index (χ3n) is 3.92. The molecule has 10 heteroatoms. The lowest BCUT2D eigenvalue weighted by atomic mass is 10.1. The van der Waals surface area contributed by atoms with Crippen molar-refractivity contribution in [1.29, 1.82) is 0 Å². The van der Waals surface area contributed by atoms with Gasteiger partial charge in [0.2, 0.25) is 5.88 Å². The summed E-state index contributed by atoms with van der Waals surface area (Å²) in [6.45, 7) is 0. The average Bonchev–Trinajstić information content (AvgIpc) is 3.24. The summed E-state index contributed by atoms with van der Waals surface area (Å²) < 4.78 is 0. The molecule has 1 aliphatic rings. The van der Waals surface area contributed by atoms with Gasteiger partial charge in [-0.1, -0.05) is 23.5 Å². The Bertz CT molecular complexity index is 1240. The first kappa shape index (κ1) is 18.3. The number of aromatic hydroxyl groups is 1. The van der Waals surface area contributed by atoms with E-state index in [2.05, 4.69) is 20.3 Å². The van der Waals surface area contributed by atoms with Gasteiger partial charge >= 0.3 is 11.9 Å². The maximum Gasteiger partial charge on any atom is 0.335 e. The van der Waals surface area contributed by atoms with Gasteiger partial charge < -0.3 is 20.6 Å². The maximum absolute atomic E-state index is 11.2. The van der Waals surface area contributed by atoms with Crippen molar-refractivity contribution in [1.82, 2.24) is 4.98 Å². The first-order valence-electron chi connectivity index (χ1n) is 8.22. The molecular weight excluding hydrogens is 396 g/mol. The highest BCUT2D eigenvalue weighted by Crippen LogP contribution is 2.32. The number of thiazole rings is 1. The summed E-state index contributed by atoms with van der Waals surface area (Å²) in [5.41, 5.74) is -0.147. The summed E-state index contributed by atoms with van der Waals surface area (Å²) in [7, 11) is 0. The standard InChI is InChI=1S/C19H12N4O5S/c24-16-14(8-15-21-12-3-1-2-4-13(12)22-15)29-19(23-16)20-11-6-9(17(25)26)5-10(7-11)18(27)28/h1-8,24H,(H,20,23)(H,25,26)(H,27,28). The van der Waals surface area contributed by atoms with Crippen molar-refractivity contribution in [2.45, 2.75) is 0 Å². The third-order valence-corrected chi connectivity index (χ3v) is 4.83. The second kappa shape index (κ2) is 7.17. The molecule has 29 heavy (non-hydrogen) atoms. The molecule has 0 bridgehead atoms. The molecule has 0 saturated heterocycles. The van der Waals surface area contributed by atoms with E-state index in [-0.39, 0.29) is 27.8 Å². The number of rotatable bonds is 5. The Morgan fingerprint density at radius 2 is 1.55 bits per heavy atom. The fourth-order valence-corrected chi connectivity index (χ4v) is 3.46. The summed E-state index contributed by atoms with van der Waals surface area (Å²) in [5.74, 6) is -2.35. The number of para-hydroxylation sites is 2. The van der Waals surface area contributed by atoms with Crippen LogP contribution in [-0.2, 0) is 0 Å². The summed E-state index contributed by atoms with van der Waals surface area (Å²) in [5, 5.41) is 33.0. The zero-order valence-corrected chi connectivity index (χ0v) is 15.3. The molecular formula is C19H12N4O5S. The topological polar surface area (TPSA) is 144 Å². The molecule has 0 spiro atoms. The second-order valence-corrected chi connectivity index (χ2v) is 6.99.